The number of nitro benzene ring substituents is 1. The smallest absolute Gasteiger partial charge is 0.315 e. The van der Waals surface area contributed by atoms with E-state index in [0.717, 1.165) is 4.68 Å². The summed E-state index contributed by atoms with van der Waals surface area (Å²) in [5.74, 6) is 1.03. The van der Waals surface area contributed by atoms with E-state index in [-0.39, 0.29) is 47.5 Å². The van der Waals surface area contributed by atoms with E-state index in [0.29, 0.717) is 43.2 Å². The van der Waals surface area contributed by atoms with Crippen molar-refractivity contribution in [3.05, 3.63) is 121 Å². The van der Waals surface area contributed by atoms with Crippen LogP contribution in [0.4, 0.5) is 5.69 Å². The number of aromatic nitrogens is 2. The lowest BCUT2D eigenvalue weighted by molar-refractivity contribution is -0.386. The highest BCUT2D eigenvalue weighted by Gasteiger charge is 2.23. The number of ether oxygens (including phenoxy) is 3. The Kier molecular flexibility index (Phi) is 8.60. The third-order valence-electron chi connectivity index (χ3n) is 6.96. The van der Waals surface area contributed by atoms with Crippen LogP contribution in [0.25, 0.3) is 33.5 Å². The minimum Gasteiger partial charge on any atom is -0.496 e. The number of benzene rings is 4. The second-order valence-electron chi connectivity index (χ2n) is 9.89. The zero-order valence-electron chi connectivity index (χ0n) is 24.4. The molecule has 0 saturated carbocycles. The molecule has 0 atom stereocenters. The molecule has 46 heavy (non-hydrogen) atoms. The van der Waals surface area contributed by atoms with E-state index in [1.54, 1.807) is 80.8 Å². The second-order valence-corrected chi connectivity index (χ2v) is 10.7. The minimum absolute atomic E-state index is 0.0327. The summed E-state index contributed by atoms with van der Waals surface area (Å²) in [5, 5.41) is 18.3. The van der Waals surface area contributed by atoms with Crippen molar-refractivity contribution < 1.29 is 23.6 Å². The molecule has 232 valence electrons. The molecule has 0 unspecified atom stereocenters. The van der Waals surface area contributed by atoms with Gasteiger partial charge in [-0.2, -0.15) is 9.78 Å². The highest BCUT2D eigenvalue weighted by atomic mass is 35.5. The van der Waals surface area contributed by atoms with Crippen molar-refractivity contribution in [2.45, 2.75) is 13.5 Å². The van der Waals surface area contributed by atoms with Crippen molar-refractivity contribution >= 4 is 57.0 Å². The van der Waals surface area contributed by atoms with Crippen molar-refractivity contribution in [3.8, 4) is 28.8 Å². The SMILES string of the molecule is CCOc1cc(C=Nn2c(-c3cc4c(OC)cccc4o3)nc3ccccc3c2=O)cc([N+](=O)[O-])c1OCc1ccc(Cl)c(Cl)c1. The Morgan fingerprint density at radius 3 is 2.57 bits per heavy atom. The third-order valence-corrected chi connectivity index (χ3v) is 7.70. The Hall–Kier alpha value is -5.39. The van der Waals surface area contributed by atoms with Crippen LogP contribution < -0.4 is 19.8 Å². The topological polar surface area (TPSA) is 131 Å². The summed E-state index contributed by atoms with van der Waals surface area (Å²) >= 11 is 12.1. The molecule has 0 radical (unpaired) electrons. The van der Waals surface area contributed by atoms with Crippen LogP contribution in [0.15, 0.2) is 93.2 Å². The monoisotopic (exact) mass is 658 g/mol. The third kappa shape index (κ3) is 5.97. The van der Waals surface area contributed by atoms with Crippen LogP contribution in [-0.4, -0.2) is 34.5 Å². The number of halogens is 2. The number of para-hydroxylation sites is 1. The van der Waals surface area contributed by atoms with Crippen LogP contribution in [0.3, 0.4) is 0 Å². The van der Waals surface area contributed by atoms with Gasteiger partial charge in [-0.15, -0.1) is 0 Å². The Labute approximate surface area is 271 Å². The molecule has 0 aliphatic carbocycles. The number of hydrogen-bond donors (Lipinski definition) is 0. The Balaban J connectivity index is 1.44. The molecule has 6 rings (SSSR count). The van der Waals surface area contributed by atoms with Gasteiger partial charge in [-0.25, -0.2) is 4.98 Å². The normalized spacial score (nSPS) is 11.4. The first kappa shape index (κ1) is 30.6. The van der Waals surface area contributed by atoms with Gasteiger partial charge in [-0.3, -0.25) is 14.9 Å². The first-order chi connectivity index (χ1) is 22.3. The van der Waals surface area contributed by atoms with Gasteiger partial charge >= 0.3 is 5.69 Å². The maximum absolute atomic E-state index is 13.7. The van der Waals surface area contributed by atoms with Gasteiger partial charge in [0.15, 0.2) is 11.5 Å². The molecule has 0 fully saturated rings. The Bertz CT molecular complexity index is 2210. The van der Waals surface area contributed by atoms with E-state index in [9.17, 15) is 14.9 Å². The minimum atomic E-state index is -0.582. The van der Waals surface area contributed by atoms with Gasteiger partial charge in [0.05, 0.1) is 51.2 Å². The predicted octanol–water partition coefficient (Wildman–Crippen LogP) is 7.89. The van der Waals surface area contributed by atoms with E-state index in [1.165, 1.54) is 18.3 Å². The molecule has 0 spiro atoms. The van der Waals surface area contributed by atoms with E-state index in [2.05, 4.69) is 10.1 Å². The highest BCUT2D eigenvalue weighted by Crippen LogP contribution is 2.39. The number of fused-ring (bicyclic) bond motifs is 2. The molecular weight excluding hydrogens is 635 g/mol. The fourth-order valence-corrected chi connectivity index (χ4v) is 5.17. The first-order valence-corrected chi connectivity index (χ1v) is 14.7. The molecule has 13 heteroatoms. The van der Waals surface area contributed by atoms with Gasteiger partial charge in [-0.05, 0) is 61.0 Å². The molecule has 0 N–H and O–H groups in total. The molecule has 2 aromatic heterocycles. The average Bonchev–Trinajstić information content (AvgIpc) is 3.50. The molecule has 11 nitrogen and oxygen atoms in total. The fourth-order valence-electron chi connectivity index (χ4n) is 4.85. The molecule has 6 aromatic rings. The van der Waals surface area contributed by atoms with E-state index in [1.807, 2.05) is 0 Å². The number of hydrogen-bond acceptors (Lipinski definition) is 9. The van der Waals surface area contributed by atoms with Crippen LogP contribution >= 0.6 is 23.2 Å². The molecule has 0 amide bonds. The Morgan fingerprint density at radius 1 is 0.978 bits per heavy atom. The summed E-state index contributed by atoms with van der Waals surface area (Å²) in [5.41, 5.74) is 1.07. The largest absolute Gasteiger partial charge is 0.496 e. The van der Waals surface area contributed by atoms with Gasteiger partial charge in [0.1, 0.15) is 17.9 Å². The van der Waals surface area contributed by atoms with Gasteiger partial charge < -0.3 is 18.6 Å². The lowest BCUT2D eigenvalue weighted by Gasteiger charge is -2.13. The van der Waals surface area contributed by atoms with E-state index >= 15 is 0 Å². The molecule has 4 aromatic carbocycles. The molecule has 0 bridgehead atoms. The molecular formula is C33H24Cl2N4O7. The fraction of sp³-hybridized carbons (Fsp3) is 0.121. The number of rotatable bonds is 10. The standard InChI is InChI=1S/C33H24Cl2N4O7/c1-3-44-29-15-20(14-26(39(41)42)31(29)45-18-19-11-12-23(34)24(35)13-19)17-36-38-32(37-25-8-5-4-7-21(25)33(38)40)30-16-22-27(43-2)9-6-10-28(22)46-30/h4-17H,3,18H2,1-2H3. The second kappa shape index (κ2) is 12.9. The van der Waals surface area contributed by atoms with Crippen LogP contribution in [0.1, 0.15) is 18.1 Å². The van der Waals surface area contributed by atoms with Gasteiger partial charge in [-0.1, -0.05) is 47.5 Å². The van der Waals surface area contributed by atoms with E-state index in [4.69, 9.17) is 41.8 Å². The van der Waals surface area contributed by atoms with Crippen LogP contribution in [-0.2, 0) is 6.61 Å². The first-order valence-electron chi connectivity index (χ1n) is 13.9. The van der Waals surface area contributed by atoms with Crippen molar-refractivity contribution in [3.63, 3.8) is 0 Å². The Morgan fingerprint density at radius 2 is 1.80 bits per heavy atom. The average molecular weight is 659 g/mol. The highest BCUT2D eigenvalue weighted by molar-refractivity contribution is 6.42. The predicted molar refractivity (Wildman–Crippen MR) is 176 cm³/mol. The maximum atomic E-state index is 13.7. The number of nitro groups is 1. The molecule has 0 aliphatic heterocycles. The number of methoxy groups -OCH3 is 1. The number of nitrogens with zero attached hydrogens (tertiary/aromatic N) is 4. The molecule has 0 saturated heterocycles. The lowest BCUT2D eigenvalue weighted by atomic mass is 10.1. The van der Waals surface area contributed by atoms with Crippen molar-refractivity contribution in [1.82, 2.24) is 9.66 Å². The van der Waals surface area contributed by atoms with Gasteiger partial charge in [0.2, 0.25) is 11.6 Å². The zero-order valence-corrected chi connectivity index (χ0v) is 25.9. The summed E-state index contributed by atoms with van der Waals surface area (Å²) in [6, 6.07) is 21.7. The molecule has 2 heterocycles. The van der Waals surface area contributed by atoms with Crippen LogP contribution in [0.2, 0.25) is 10.0 Å². The van der Waals surface area contributed by atoms with E-state index < -0.39 is 10.5 Å². The lowest BCUT2D eigenvalue weighted by Crippen LogP contribution is -2.20. The summed E-state index contributed by atoms with van der Waals surface area (Å²) in [7, 11) is 1.55. The summed E-state index contributed by atoms with van der Waals surface area (Å²) in [6.45, 7) is 1.91. The molecule has 0 aliphatic rings. The van der Waals surface area contributed by atoms with Crippen molar-refractivity contribution in [1.29, 1.82) is 0 Å². The van der Waals surface area contributed by atoms with Gasteiger partial charge in [0.25, 0.3) is 5.56 Å². The van der Waals surface area contributed by atoms with Crippen LogP contribution in [0.5, 0.6) is 17.2 Å². The summed E-state index contributed by atoms with van der Waals surface area (Å²) < 4.78 is 24.2. The van der Waals surface area contributed by atoms with Crippen molar-refractivity contribution in [2.24, 2.45) is 5.10 Å². The maximum Gasteiger partial charge on any atom is 0.315 e. The zero-order chi connectivity index (χ0) is 32.4. The summed E-state index contributed by atoms with van der Waals surface area (Å²) in [6.07, 6.45) is 1.31. The van der Waals surface area contributed by atoms with Gasteiger partial charge in [0, 0.05) is 11.6 Å². The quantitative estimate of drug-likeness (QED) is 0.0824. The summed E-state index contributed by atoms with van der Waals surface area (Å²) in [4.78, 5) is 30.0. The van der Waals surface area contributed by atoms with Crippen LogP contribution in [0, 0.1) is 10.1 Å². The number of furan rings is 1. The van der Waals surface area contributed by atoms with Crippen molar-refractivity contribution in [2.75, 3.05) is 13.7 Å².